The lowest BCUT2D eigenvalue weighted by Crippen LogP contribution is -2.03. The Bertz CT molecular complexity index is 2110. The van der Waals surface area contributed by atoms with E-state index in [0.29, 0.717) is 5.95 Å². The second-order valence-electron chi connectivity index (χ2n) is 9.86. The molecule has 3 heteroatoms. The summed E-state index contributed by atoms with van der Waals surface area (Å²) in [6.07, 6.45) is 0. The minimum atomic E-state index is 0.680. The second-order valence-corrected chi connectivity index (χ2v) is 9.86. The van der Waals surface area contributed by atoms with Crippen LogP contribution < -0.4 is 0 Å². The van der Waals surface area contributed by atoms with Crippen LogP contribution in [0.4, 0.5) is 0 Å². The third kappa shape index (κ3) is 3.44. The fourth-order valence-corrected chi connectivity index (χ4v) is 5.81. The van der Waals surface area contributed by atoms with Crippen molar-refractivity contribution >= 4 is 43.5 Å². The van der Waals surface area contributed by atoms with Gasteiger partial charge in [-0.2, -0.15) is 0 Å². The molecule has 0 saturated heterocycles. The molecule has 0 fully saturated rings. The van der Waals surface area contributed by atoms with E-state index >= 15 is 0 Å². The Morgan fingerprint density at radius 1 is 0.410 bits per heavy atom. The van der Waals surface area contributed by atoms with E-state index in [1.165, 1.54) is 32.7 Å². The maximum absolute atomic E-state index is 5.22. The first kappa shape index (κ1) is 21.8. The molecule has 0 aliphatic rings. The molecule has 3 nitrogen and oxygen atoms in total. The van der Waals surface area contributed by atoms with Gasteiger partial charge in [-0.1, -0.05) is 121 Å². The van der Waals surface area contributed by atoms with Gasteiger partial charge in [0.1, 0.15) is 0 Å². The van der Waals surface area contributed by atoms with Gasteiger partial charge in [-0.15, -0.1) is 0 Å². The zero-order chi connectivity index (χ0) is 25.8. The minimum Gasteiger partial charge on any atom is -0.278 e. The van der Waals surface area contributed by atoms with Crippen molar-refractivity contribution in [2.45, 2.75) is 0 Å². The fourth-order valence-electron chi connectivity index (χ4n) is 5.81. The van der Waals surface area contributed by atoms with Crippen molar-refractivity contribution in [2.24, 2.45) is 0 Å². The van der Waals surface area contributed by atoms with Crippen molar-refractivity contribution in [1.82, 2.24) is 14.5 Å². The Labute approximate surface area is 225 Å². The number of benzene rings is 6. The lowest BCUT2D eigenvalue weighted by atomic mass is 9.96. The molecule has 2 heterocycles. The van der Waals surface area contributed by atoms with Crippen LogP contribution in [-0.2, 0) is 0 Å². The molecule has 0 radical (unpaired) electrons. The van der Waals surface area contributed by atoms with Crippen LogP contribution in [0.3, 0.4) is 0 Å². The molecule has 0 aliphatic carbocycles. The molecule has 0 amide bonds. The third-order valence-electron chi connectivity index (χ3n) is 7.63. The Morgan fingerprint density at radius 2 is 0.974 bits per heavy atom. The first-order chi connectivity index (χ1) is 19.3. The summed E-state index contributed by atoms with van der Waals surface area (Å²) in [5, 5.41) is 5.95. The van der Waals surface area contributed by atoms with E-state index in [9.17, 15) is 0 Å². The summed E-state index contributed by atoms with van der Waals surface area (Å²) >= 11 is 0. The summed E-state index contributed by atoms with van der Waals surface area (Å²) in [6.45, 7) is 0. The molecular weight excluding hydrogens is 474 g/mol. The molecule has 8 aromatic rings. The average Bonchev–Trinajstić information content (AvgIpc) is 3.35. The van der Waals surface area contributed by atoms with Crippen molar-refractivity contribution < 1.29 is 0 Å². The molecule has 0 atom stereocenters. The SMILES string of the molecule is c1ccc2c(-c3ccc(-c4nc(-n5c6ccccc6c6ccccc65)nc5ccccc45)cc3)cccc2c1. The van der Waals surface area contributed by atoms with Crippen LogP contribution in [0, 0.1) is 0 Å². The van der Waals surface area contributed by atoms with E-state index in [4.69, 9.17) is 9.97 Å². The summed E-state index contributed by atoms with van der Waals surface area (Å²) in [5.74, 6) is 0.680. The maximum atomic E-state index is 5.22. The van der Waals surface area contributed by atoms with Crippen LogP contribution >= 0.6 is 0 Å². The molecule has 0 bridgehead atoms. The van der Waals surface area contributed by atoms with Crippen molar-refractivity contribution in [2.75, 3.05) is 0 Å². The summed E-state index contributed by atoms with van der Waals surface area (Å²) in [5.41, 5.74) is 7.56. The topological polar surface area (TPSA) is 30.7 Å². The van der Waals surface area contributed by atoms with Gasteiger partial charge in [-0.3, -0.25) is 4.57 Å². The zero-order valence-electron chi connectivity index (χ0n) is 21.1. The van der Waals surface area contributed by atoms with E-state index in [1.54, 1.807) is 0 Å². The third-order valence-corrected chi connectivity index (χ3v) is 7.63. The van der Waals surface area contributed by atoms with Crippen LogP contribution in [0.5, 0.6) is 0 Å². The largest absolute Gasteiger partial charge is 0.278 e. The highest BCUT2D eigenvalue weighted by Crippen LogP contribution is 2.35. The number of nitrogens with zero attached hydrogens (tertiary/aromatic N) is 3. The fraction of sp³-hybridized carbons (Fsp3) is 0. The van der Waals surface area contributed by atoms with E-state index < -0.39 is 0 Å². The molecule has 8 rings (SSSR count). The molecule has 0 saturated carbocycles. The van der Waals surface area contributed by atoms with Crippen molar-refractivity contribution in [3.8, 4) is 28.3 Å². The summed E-state index contributed by atoms with van der Waals surface area (Å²) < 4.78 is 2.19. The van der Waals surface area contributed by atoms with Crippen molar-refractivity contribution in [3.63, 3.8) is 0 Å². The standard InChI is InChI=1S/C36H23N3/c1-2-12-27-24(10-1)11-9-16-28(27)25-20-22-26(23-21-25)35-31-15-3-6-17-32(31)37-36(38-35)39-33-18-7-4-13-29(33)30-14-5-8-19-34(30)39/h1-23H. The summed E-state index contributed by atoms with van der Waals surface area (Å²) in [6, 6.07) is 49.0. The number of aromatic nitrogens is 3. The Morgan fingerprint density at radius 3 is 1.72 bits per heavy atom. The highest BCUT2D eigenvalue weighted by Gasteiger charge is 2.17. The average molecular weight is 498 g/mol. The highest BCUT2D eigenvalue weighted by molar-refractivity contribution is 6.09. The van der Waals surface area contributed by atoms with Crippen LogP contribution in [0.15, 0.2) is 140 Å². The van der Waals surface area contributed by atoms with Crippen LogP contribution in [0.25, 0.3) is 71.8 Å². The number of para-hydroxylation sites is 3. The van der Waals surface area contributed by atoms with E-state index in [-0.39, 0.29) is 0 Å². The lowest BCUT2D eigenvalue weighted by Gasteiger charge is -2.12. The molecule has 6 aromatic carbocycles. The first-order valence-electron chi connectivity index (χ1n) is 13.2. The number of hydrogen-bond donors (Lipinski definition) is 0. The van der Waals surface area contributed by atoms with Crippen molar-refractivity contribution in [1.29, 1.82) is 0 Å². The van der Waals surface area contributed by atoms with Crippen LogP contribution in [0.1, 0.15) is 0 Å². The first-order valence-corrected chi connectivity index (χ1v) is 13.2. The van der Waals surface area contributed by atoms with Gasteiger partial charge in [0.05, 0.1) is 22.2 Å². The highest BCUT2D eigenvalue weighted by atomic mass is 15.2. The maximum Gasteiger partial charge on any atom is 0.235 e. The lowest BCUT2D eigenvalue weighted by molar-refractivity contribution is 1.01. The van der Waals surface area contributed by atoms with Gasteiger partial charge in [0.2, 0.25) is 5.95 Å². The van der Waals surface area contributed by atoms with Gasteiger partial charge in [-0.25, -0.2) is 9.97 Å². The second kappa shape index (κ2) is 8.64. The summed E-state index contributed by atoms with van der Waals surface area (Å²) in [4.78, 5) is 10.3. The van der Waals surface area contributed by atoms with E-state index in [2.05, 4.69) is 138 Å². The van der Waals surface area contributed by atoms with Crippen LogP contribution in [0.2, 0.25) is 0 Å². The van der Waals surface area contributed by atoms with E-state index in [1.807, 2.05) is 6.07 Å². The number of rotatable bonds is 3. The van der Waals surface area contributed by atoms with Gasteiger partial charge >= 0.3 is 0 Å². The Kier molecular flexibility index (Phi) is 4.82. The molecule has 0 aliphatic heterocycles. The normalized spacial score (nSPS) is 11.6. The smallest absolute Gasteiger partial charge is 0.235 e. The van der Waals surface area contributed by atoms with Gasteiger partial charge in [0.25, 0.3) is 0 Å². The van der Waals surface area contributed by atoms with Gasteiger partial charge < -0.3 is 0 Å². The zero-order valence-corrected chi connectivity index (χ0v) is 21.1. The predicted octanol–water partition coefficient (Wildman–Crippen LogP) is 9.21. The molecule has 0 unspecified atom stereocenters. The van der Waals surface area contributed by atoms with E-state index in [0.717, 1.165) is 33.2 Å². The molecule has 0 N–H and O–H groups in total. The molecule has 39 heavy (non-hydrogen) atoms. The molecule has 0 spiro atoms. The number of hydrogen-bond acceptors (Lipinski definition) is 2. The molecular formula is C36H23N3. The van der Waals surface area contributed by atoms with Gasteiger partial charge in [0.15, 0.2) is 0 Å². The Hall–Kier alpha value is -5.28. The number of fused-ring (bicyclic) bond motifs is 5. The summed E-state index contributed by atoms with van der Waals surface area (Å²) in [7, 11) is 0. The Balaban J connectivity index is 1.34. The van der Waals surface area contributed by atoms with Crippen molar-refractivity contribution in [3.05, 3.63) is 140 Å². The molecule has 182 valence electrons. The quantitative estimate of drug-likeness (QED) is 0.244. The monoisotopic (exact) mass is 497 g/mol. The van der Waals surface area contributed by atoms with Crippen LogP contribution in [-0.4, -0.2) is 14.5 Å². The molecule has 2 aromatic heterocycles. The minimum absolute atomic E-state index is 0.680. The predicted molar refractivity (Wildman–Crippen MR) is 162 cm³/mol. The van der Waals surface area contributed by atoms with Gasteiger partial charge in [-0.05, 0) is 40.1 Å². The van der Waals surface area contributed by atoms with Gasteiger partial charge in [0, 0.05) is 21.7 Å².